The van der Waals surface area contributed by atoms with Crippen molar-refractivity contribution < 1.29 is 9.47 Å². The smallest absolute Gasteiger partial charge is 0.0966 e. The average Bonchev–Trinajstić information content (AvgIpc) is 3.32. The fraction of sp³-hybridized carbons (Fsp3) is 0.833. The molecule has 0 N–H and O–H groups in total. The van der Waals surface area contributed by atoms with E-state index in [4.69, 9.17) is 32.7 Å². The third kappa shape index (κ3) is 1.05. The highest BCUT2D eigenvalue weighted by Gasteiger charge is 2.90. The maximum Gasteiger partial charge on any atom is 0.0966 e. The monoisotopic (exact) mass is 416 g/mol. The van der Waals surface area contributed by atoms with Crippen LogP contribution in [0.3, 0.4) is 0 Å². The maximum absolute atomic E-state index is 7.81. The van der Waals surface area contributed by atoms with Crippen LogP contribution in [-0.4, -0.2) is 35.2 Å². The van der Waals surface area contributed by atoms with Gasteiger partial charge in [0.1, 0.15) is 0 Å². The molecule has 10 rings (SSSR count). The average molecular weight is 417 g/mol. The molecule has 0 radical (unpaired) electrons. The molecule has 0 amide bonds. The SMILES string of the molecule is COC12CC3(Cl)C4=C5C6CCC4C4C7CCC(C(=C71)C1(Cl)CC5(OC)C3C12)C64. The highest BCUT2D eigenvalue weighted by molar-refractivity contribution is 6.30. The second kappa shape index (κ2) is 3.94. The Morgan fingerprint density at radius 1 is 0.643 bits per heavy atom. The first-order chi connectivity index (χ1) is 13.5. The lowest BCUT2D eigenvalue weighted by atomic mass is 9.40. The number of ether oxygens (including phenoxy) is 2. The van der Waals surface area contributed by atoms with Crippen molar-refractivity contribution in [2.24, 2.45) is 47.3 Å². The number of hydrogen-bond acceptors (Lipinski definition) is 2. The molecule has 12 unspecified atom stereocenters. The van der Waals surface area contributed by atoms with E-state index in [1.807, 2.05) is 14.2 Å². The Balaban J connectivity index is 1.53. The van der Waals surface area contributed by atoms with Crippen LogP contribution in [0.2, 0.25) is 0 Å². The molecule has 10 aliphatic carbocycles. The van der Waals surface area contributed by atoms with Gasteiger partial charge < -0.3 is 9.47 Å². The third-order valence-corrected chi connectivity index (χ3v) is 13.0. The molecule has 2 nitrogen and oxygen atoms in total. The van der Waals surface area contributed by atoms with E-state index in [0.29, 0.717) is 35.5 Å². The molecule has 10 aliphatic rings. The molecule has 4 saturated carbocycles. The molecule has 0 saturated heterocycles. The predicted octanol–water partition coefficient (Wildman–Crippen LogP) is 4.70. The molecule has 12 atom stereocenters. The second-order valence-electron chi connectivity index (χ2n) is 11.6. The van der Waals surface area contributed by atoms with Gasteiger partial charge in [-0.15, -0.1) is 23.2 Å². The van der Waals surface area contributed by atoms with Crippen LogP contribution in [0.5, 0.6) is 0 Å². The zero-order chi connectivity index (χ0) is 18.6. The number of halogens is 2. The summed E-state index contributed by atoms with van der Waals surface area (Å²) in [6, 6.07) is 0. The van der Waals surface area contributed by atoms with Crippen LogP contribution < -0.4 is 0 Å². The van der Waals surface area contributed by atoms with Crippen molar-refractivity contribution >= 4 is 23.2 Å². The van der Waals surface area contributed by atoms with Crippen LogP contribution >= 0.6 is 23.2 Å². The first-order valence-electron chi connectivity index (χ1n) is 11.5. The molecule has 4 fully saturated rings. The first kappa shape index (κ1) is 15.7. The molecule has 0 heterocycles. The first-order valence-corrected chi connectivity index (χ1v) is 12.2. The summed E-state index contributed by atoms with van der Waals surface area (Å²) >= 11 is 15.6. The molecule has 148 valence electrons. The van der Waals surface area contributed by atoms with E-state index in [9.17, 15) is 0 Å². The van der Waals surface area contributed by atoms with Gasteiger partial charge >= 0.3 is 0 Å². The van der Waals surface area contributed by atoms with Gasteiger partial charge in [-0.1, -0.05) is 0 Å². The minimum absolute atomic E-state index is 0.232. The van der Waals surface area contributed by atoms with Gasteiger partial charge in [0.25, 0.3) is 0 Å². The molecule has 4 bridgehead atoms. The molecule has 0 aromatic heterocycles. The van der Waals surface area contributed by atoms with Crippen molar-refractivity contribution in [2.45, 2.75) is 59.5 Å². The summed E-state index contributed by atoms with van der Waals surface area (Å²) in [5.41, 5.74) is 6.17. The van der Waals surface area contributed by atoms with Crippen LogP contribution in [0.1, 0.15) is 38.5 Å². The molecule has 0 spiro atoms. The number of fused-ring (bicyclic) bond motifs is 2. The molecule has 4 heteroatoms. The molecule has 0 aliphatic heterocycles. The Morgan fingerprint density at radius 3 is 1.36 bits per heavy atom. The number of alkyl halides is 2. The van der Waals surface area contributed by atoms with Gasteiger partial charge in [0.2, 0.25) is 0 Å². The summed E-state index contributed by atoms with van der Waals surface area (Å²) in [5, 5.41) is 0. The van der Waals surface area contributed by atoms with Gasteiger partial charge in [-0.25, -0.2) is 0 Å². The van der Waals surface area contributed by atoms with Crippen LogP contribution in [0.25, 0.3) is 0 Å². The summed E-state index contributed by atoms with van der Waals surface area (Å²) in [4.78, 5) is -0.577. The highest BCUT2D eigenvalue weighted by atomic mass is 35.5. The lowest BCUT2D eigenvalue weighted by Gasteiger charge is -2.65. The largest absolute Gasteiger partial charge is 0.373 e. The lowest BCUT2D eigenvalue weighted by molar-refractivity contribution is -0.0871. The Kier molecular flexibility index (Phi) is 2.21. The van der Waals surface area contributed by atoms with Gasteiger partial charge in [0.15, 0.2) is 0 Å². The number of rotatable bonds is 2. The van der Waals surface area contributed by atoms with E-state index in [0.717, 1.165) is 24.7 Å². The molecule has 0 aromatic rings. The van der Waals surface area contributed by atoms with Crippen molar-refractivity contribution in [3.05, 3.63) is 22.3 Å². The van der Waals surface area contributed by atoms with Gasteiger partial charge in [-0.3, -0.25) is 0 Å². The zero-order valence-electron chi connectivity index (χ0n) is 16.4. The zero-order valence-corrected chi connectivity index (χ0v) is 17.9. The van der Waals surface area contributed by atoms with E-state index < -0.39 is 0 Å². The Hall–Kier alpha value is -0.0200. The van der Waals surface area contributed by atoms with Crippen LogP contribution in [0.4, 0.5) is 0 Å². The van der Waals surface area contributed by atoms with Crippen molar-refractivity contribution in [3.63, 3.8) is 0 Å². The third-order valence-electron chi connectivity index (χ3n) is 11.8. The fourth-order valence-electron chi connectivity index (χ4n) is 12.1. The number of hydrogen-bond donors (Lipinski definition) is 0. The van der Waals surface area contributed by atoms with Crippen molar-refractivity contribution in [3.8, 4) is 0 Å². The molecular weight excluding hydrogens is 391 g/mol. The van der Waals surface area contributed by atoms with Gasteiger partial charge in [-0.05, 0) is 83.5 Å². The van der Waals surface area contributed by atoms with Crippen molar-refractivity contribution in [1.29, 1.82) is 0 Å². The van der Waals surface area contributed by atoms with E-state index in [1.165, 1.54) is 25.7 Å². The minimum Gasteiger partial charge on any atom is -0.373 e. The molecule has 28 heavy (non-hydrogen) atoms. The summed E-state index contributed by atoms with van der Waals surface area (Å²) in [7, 11) is 3.89. The van der Waals surface area contributed by atoms with Crippen molar-refractivity contribution in [1.82, 2.24) is 0 Å². The normalized spacial score (nSPS) is 69.9. The van der Waals surface area contributed by atoms with Crippen molar-refractivity contribution in [2.75, 3.05) is 14.2 Å². The summed E-state index contributed by atoms with van der Waals surface area (Å²) in [6.45, 7) is 0. The Labute approximate surface area is 176 Å². The topological polar surface area (TPSA) is 18.5 Å². The van der Waals surface area contributed by atoms with Crippen LogP contribution in [0, 0.1) is 47.3 Å². The molecular formula is C24H26Cl2O2. The van der Waals surface area contributed by atoms with Gasteiger partial charge in [0, 0.05) is 38.9 Å². The number of allylic oxidation sites excluding steroid dienone is 2. The maximum atomic E-state index is 7.81. The van der Waals surface area contributed by atoms with Gasteiger partial charge in [0.05, 0.1) is 21.0 Å². The summed E-state index contributed by atoms with van der Waals surface area (Å²) in [6.07, 6.45) is 7.30. The quantitative estimate of drug-likeness (QED) is 0.479. The van der Waals surface area contributed by atoms with E-state index in [1.54, 1.807) is 22.3 Å². The second-order valence-corrected chi connectivity index (χ2v) is 13.0. The van der Waals surface area contributed by atoms with E-state index in [2.05, 4.69) is 0 Å². The van der Waals surface area contributed by atoms with Gasteiger partial charge in [-0.2, -0.15) is 0 Å². The predicted molar refractivity (Wildman–Crippen MR) is 106 cm³/mol. The molecule has 0 aromatic carbocycles. The Morgan fingerprint density at radius 2 is 1.00 bits per heavy atom. The van der Waals surface area contributed by atoms with E-state index in [-0.39, 0.29) is 21.0 Å². The lowest BCUT2D eigenvalue weighted by Crippen LogP contribution is -2.60. The standard InChI is InChI=1S/C24H26Cl2O2/c1-27-23-7-21(25)16-10-4-6-12-14-9-3-5-11(13(10)14)17(23)15(9)22(26)8-24(28-2,18(12)16)20(21)19(22)23/h9-14,19-20H,3-8H2,1-2H3. The summed E-state index contributed by atoms with van der Waals surface area (Å²) in [5.74, 6) is 4.97. The highest BCUT2D eigenvalue weighted by Crippen LogP contribution is 2.89. The van der Waals surface area contributed by atoms with Crippen LogP contribution in [0.15, 0.2) is 22.3 Å². The fourth-order valence-corrected chi connectivity index (χ4v) is 13.6. The summed E-state index contributed by atoms with van der Waals surface area (Å²) < 4.78 is 13.2. The number of methoxy groups -OCH3 is 2. The van der Waals surface area contributed by atoms with E-state index >= 15 is 0 Å². The Bertz CT molecular complexity index is 907. The van der Waals surface area contributed by atoms with Crippen LogP contribution in [-0.2, 0) is 9.47 Å². The minimum atomic E-state index is -0.289.